The maximum Gasteiger partial charge on any atom is 0.313 e. The van der Waals surface area contributed by atoms with E-state index in [0.29, 0.717) is 30.1 Å². The van der Waals surface area contributed by atoms with Gasteiger partial charge in [-0.2, -0.15) is 0 Å². The first-order chi connectivity index (χ1) is 12.8. The first-order valence-corrected chi connectivity index (χ1v) is 9.31. The number of aliphatic hydroxyl groups is 1. The monoisotopic (exact) mass is 391 g/mol. The van der Waals surface area contributed by atoms with Crippen LogP contribution in [-0.2, 0) is 17.8 Å². The van der Waals surface area contributed by atoms with Gasteiger partial charge in [0.2, 0.25) is 0 Å². The Kier molecular flexibility index (Phi) is 5.84. The maximum absolute atomic E-state index is 13.2. The molecule has 1 aliphatic heterocycles. The number of carbonyl (C=O) groups is 1. The number of aryl methyl sites for hydroxylation is 1. The zero-order valence-corrected chi connectivity index (χ0v) is 15.9. The number of nitrogens with zero attached hydrogens (tertiary/aromatic N) is 1. The van der Waals surface area contributed by atoms with Crippen LogP contribution < -0.4 is 0 Å². The number of carboxylic acids is 1. The number of benzene rings is 2. The van der Waals surface area contributed by atoms with Gasteiger partial charge in [-0.3, -0.25) is 9.69 Å². The Morgan fingerprint density at radius 3 is 2.63 bits per heavy atom. The predicted octanol–water partition coefficient (Wildman–Crippen LogP) is 3.67. The van der Waals surface area contributed by atoms with E-state index in [9.17, 15) is 19.4 Å². The Hall–Kier alpha value is -1.95. The second-order valence-electron chi connectivity index (χ2n) is 7.35. The van der Waals surface area contributed by atoms with Crippen molar-refractivity contribution in [1.29, 1.82) is 0 Å². The molecule has 1 heterocycles. The van der Waals surface area contributed by atoms with Gasteiger partial charge in [-0.1, -0.05) is 29.8 Å². The first kappa shape index (κ1) is 19.8. The van der Waals surface area contributed by atoms with Crippen LogP contribution in [0.15, 0.2) is 42.5 Å². The molecule has 0 amide bonds. The average Bonchev–Trinajstić information content (AvgIpc) is 2.62. The molecule has 2 N–H and O–H groups in total. The lowest BCUT2D eigenvalue weighted by Gasteiger charge is -2.43. The van der Waals surface area contributed by atoms with Gasteiger partial charge in [-0.15, -0.1) is 0 Å². The van der Waals surface area contributed by atoms with Gasteiger partial charge in [0.25, 0.3) is 0 Å². The molecule has 27 heavy (non-hydrogen) atoms. The highest BCUT2D eigenvalue weighted by Crippen LogP contribution is 2.35. The van der Waals surface area contributed by atoms with Crippen LogP contribution in [0.1, 0.15) is 23.1 Å². The number of rotatable bonds is 5. The van der Waals surface area contributed by atoms with Crippen LogP contribution in [0.5, 0.6) is 0 Å². The summed E-state index contributed by atoms with van der Waals surface area (Å²) in [5.74, 6) is -1.40. The summed E-state index contributed by atoms with van der Waals surface area (Å²) >= 11 is 6.02. The van der Waals surface area contributed by atoms with E-state index in [2.05, 4.69) is 4.90 Å². The van der Waals surface area contributed by atoms with Gasteiger partial charge >= 0.3 is 5.97 Å². The maximum atomic E-state index is 13.2. The van der Waals surface area contributed by atoms with Crippen molar-refractivity contribution in [3.05, 3.63) is 70.0 Å². The van der Waals surface area contributed by atoms with Crippen LogP contribution in [0.2, 0.25) is 5.02 Å². The average molecular weight is 392 g/mol. The summed E-state index contributed by atoms with van der Waals surface area (Å²) in [5.41, 5.74) is 1.50. The van der Waals surface area contributed by atoms with E-state index in [0.717, 1.165) is 11.1 Å². The van der Waals surface area contributed by atoms with E-state index < -0.39 is 17.5 Å². The number of hydrogen-bond acceptors (Lipinski definition) is 3. The van der Waals surface area contributed by atoms with E-state index in [-0.39, 0.29) is 18.8 Å². The molecule has 1 saturated heterocycles. The van der Waals surface area contributed by atoms with Crippen molar-refractivity contribution in [2.45, 2.75) is 32.4 Å². The number of aliphatic hydroxyl groups excluding tert-OH is 1. The molecular weight excluding hydrogens is 369 g/mol. The number of halogens is 2. The lowest BCUT2D eigenvalue weighted by Crippen LogP contribution is -2.56. The number of carboxylic acid groups (broad SMARTS) is 1. The van der Waals surface area contributed by atoms with Gasteiger partial charge in [-0.25, -0.2) is 4.39 Å². The van der Waals surface area contributed by atoms with E-state index in [1.54, 1.807) is 12.1 Å². The fourth-order valence-electron chi connectivity index (χ4n) is 3.80. The van der Waals surface area contributed by atoms with Crippen LogP contribution in [0.3, 0.4) is 0 Å². The predicted molar refractivity (Wildman–Crippen MR) is 102 cm³/mol. The Labute approximate surface area is 163 Å². The molecule has 4 nitrogen and oxygen atoms in total. The molecule has 3 rings (SSSR count). The molecule has 144 valence electrons. The number of likely N-dealkylation sites (tertiary alicyclic amines) is 1. The highest BCUT2D eigenvalue weighted by Gasteiger charge is 2.49. The van der Waals surface area contributed by atoms with Crippen LogP contribution >= 0.6 is 11.6 Å². The minimum Gasteiger partial charge on any atom is -0.481 e. The van der Waals surface area contributed by atoms with Crippen LogP contribution in [0.4, 0.5) is 4.39 Å². The van der Waals surface area contributed by atoms with Crippen molar-refractivity contribution in [1.82, 2.24) is 4.90 Å². The molecule has 6 heteroatoms. The zero-order chi connectivity index (χ0) is 19.6. The summed E-state index contributed by atoms with van der Waals surface area (Å²) in [6.07, 6.45) is -0.428. The van der Waals surface area contributed by atoms with Gasteiger partial charge in [0.1, 0.15) is 11.2 Å². The standard InChI is InChI=1S/C21H23ClFNO3/c1-14-10-17(22)5-4-16(14)12-24-9-8-19(25)21(13-24,20(26)27)11-15-2-6-18(23)7-3-15/h2-7,10,19,25H,8-9,11-13H2,1H3,(H,26,27)/t19-,21-/m1/s1. The molecule has 0 saturated carbocycles. The van der Waals surface area contributed by atoms with Gasteiger partial charge in [0.05, 0.1) is 6.10 Å². The van der Waals surface area contributed by atoms with Gasteiger partial charge in [0.15, 0.2) is 0 Å². The molecule has 0 aromatic heterocycles. The molecule has 0 spiro atoms. The van der Waals surface area contributed by atoms with Crippen molar-refractivity contribution >= 4 is 17.6 Å². The minimum atomic E-state index is -1.32. The highest BCUT2D eigenvalue weighted by molar-refractivity contribution is 6.30. The summed E-state index contributed by atoms with van der Waals surface area (Å²) in [7, 11) is 0. The fraction of sp³-hybridized carbons (Fsp3) is 0.381. The summed E-state index contributed by atoms with van der Waals surface area (Å²) in [4.78, 5) is 14.2. The molecule has 2 aromatic rings. The van der Waals surface area contributed by atoms with E-state index in [4.69, 9.17) is 11.6 Å². The van der Waals surface area contributed by atoms with Gasteiger partial charge in [0, 0.05) is 24.7 Å². The SMILES string of the molecule is Cc1cc(Cl)ccc1CN1CC[C@@H](O)[C@](Cc2ccc(F)cc2)(C(=O)O)C1. The molecule has 0 aliphatic carbocycles. The van der Waals surface area contributed by atoms with Crippen LogP contribution in [0.25, 0.3) is 0 Å². The van der Waals surface area contributed by atoms with Crippen molar-refractivity contribution < 1.29 is 19.4 Å². The van der Waals surface area contributed by atoms with Crippen molar-refractivity contribution in [2.24, 2.45) is 5.41 Å². The molecule has 2 atom stereocenters. The topological polar surface area (TPSA) is 60.8 Å². The van der Waals surface area contributed by atoms with Crippen LogP contribution in [-0.4, -0.2) is 40.3 Å². The molecule has 1 fully saturated rings. The fourth-order valence-corrected chi connectivity index (χ4v) is 4.03. The Morgan fingerprint density at radius 1 is 1.30 bits per heavy atom. The largest absolute Gasteiger partial charge is 0.481 e. The Balaban J connectivity index is 1.83. The number of piperidine rings is 1. The molecule has 1 aliphatic rings. The lowest BCUT2D eigenvalue weighted by atomic mass is 9.72. The molecule has 0 bridgehead atoms. The third kappa shape index (κ3) is 4.32. The van der Waals surface area contributed by atoms with E-state index in [1.807, 2.05) is 25.1 Å². The summed E-state index contributed by atoms with van der Waals surface area (Å²) < 4.78 is 13.2. The van der Waals surface area contributed by atoms with Crippen LogP contribution in [0, 0.1) is 18.2 Å². The second-order valence-corrected chi connectivity index (χ2v) is 7.79. The van der Waals surface area contributed by atoms with Crippen molar-refractivity contribution in [3.63, 3.8) is 0 Å². The summed E-state index contributed by atoms with van der Waals surface area (Å²) in [5, 5.41) is 21.2. The summed E-state index contributed by atoms with van der Waals surface area (Å²) in [6, 6.07) is 11.4. The quantitative estimate of drug-likeness (QED) is 0.816. The zero-order valence-electron chi connectivity index (χ0n) is 15.2. The van der Waals surface area contributed by atoms with E-state index >= 15 is 0 Å². The lowest BCUT2D eigenvalue weighted by molar-refractivity contribution is -0.163. The highest BCUT2D eigenvalue weighted by atomic mass is 35.5. The normalized spacial score (nSPS) is 23.3. The Bertz CT molecular complexity index is 827. The smallest absolute Gasteiger partial charge is 0.313 e. The minimum absolute atomic E-state index is 0.153. The van der Waals surface area contributed by atoms with Crippen molar-refractivity contribution in [3.8, 4) is 0 Å². The third-order valence-electron chi connectivity index (χ3n) is 5.42. The number of hydrogen-bond donors (Lipinski definition) is 2. The first-order valence-electron chi connectivity index (χ1n) is 8.93. The molecular formula is C21H23ClFNO3. The van der Waals surface area contributed by atoms with E-state index in [1.165, 1.54) is 12.1 Å². The number of aliphatic carboxylic acids is 1. The molecule has 0 unspecified atom stereocenters. The molecule has 2 aromatic carbocycles. The Morgan fingerprint density at radius 2 is 2.00 bits per heavy atom. The van der Waals surface area contributed by atoms with Gasteiger partial charge < -0.3 is 10.2 Å². The second kappa shape index (κ2) is 7.97. The van der Waals surface area contributed by atoms with Gasteiger partial charge in [-0.05, 0) is 60.7 Å². The third-order valence-corrected chi connectivity index (χ3v) is 5.65. The summed E-state index contributed by atoms with van der Waals surface area (Å²) in [6.45, 7) is 3.40. The van der Waals surface area contributed by atoms with Crippen molar-refractivity contribution in [2.75, 3.05) is 13.1 Å². The molecule has 0 radical (unpaired) electrons.